The van der Waals surface area contributed by atoms with Crippen LogP contribution in [0.5, 0.6) is 0 Å². The number of nitrogens with one attached hydrogen (secondary N) is 1. The molecule has 4 rings (SSSR count). The Balaban J connectivity index is 1.57. The van der Waals surface area contributed by atoms with E-state index in [0.29, 0.717) is 4.31 Å². The Morgan fingerprint density at radius 1 is 1.11 bits per heavy atom. The highest BCUT2D eigenvalue weighted by molar-refractivity contribution is 9.10. The molecule has 2 aliphatic rings. The van der Waals surface area contributed by atoms with E-state index >= 15 is 0 Å². The third-order valence-electron chi connectivity index (χ3n) is 6.55. The minimum Gasteiger partial charge on any atom is -0.352 e. The van der Waals surface area contributed by atoms with E-state index in [2.05, 4.69) is 21.2 Å². The van der Waals surface area contributed by atoms with Crippen molar-refractivity contribution >= 4 is 43.7 Å². The van der Waals surface area contributed by atoms with Crippen molar-refractivity contribution in [2.24, 2.45) is 0 Å². The quantitative estimate of drug-likeness (QED) is 0.557. The molecule has 1 fully saturated rings. The zero-order chi connectivity index (χ0) is 25.2. The van der Waals surface area contributed by atoms with Gasteiger partial charge >= 0.3 is 0 Å². The Morgan fingerprint density at radius 2 is 1.83 bits per heavy atom. The molecule has 8 nitrogen and oxygen atoms in total. The Bertz CT molecular complexity index is 1240. The number of benzene rings is 2. The van der Waals surface area contributed by atoms with E-state index in [1.165, 1.54) is 23.1 Å². The van der Waals surface area contributed by atoms with Gasteiger partial charge in [0.05, 0.1) is 5.56 Å². The van der Waals surface area contributed by atoms with Crippen LogP contribution in [-0.4, -0.2) is 54.0 Å². The lowest BCUT2D eigenvalue weighted by Crippen LogP contribution is -2.52. The van der Waals surface area contributed by atoms with Gasteiger partial charge < -0.3 is 10.2 Å². The molecule has 1 heterocycles. The van der Waals surface area contributed by atoms with Crippen LogP contribution in [0.1, 0.15) is 54.9 Å². The van der Waals surface area contributed by atoms with E-state index in [1.54, 1.807) is 13.0 Å². The molecule has 35 heavy (non-hydrogen) atoms. The van der Waals surface area contributed by atoms with Crippen LogP contribution in [0.2, 0.25) is 0 Å². The first-order valence-corrected chi connectivity index (χ1v) is 13.9. The van der Waals surface area contributed by atoms with Crippen molar-refractivity contribution in [2.75, 3.05) is 6.54 Å². The van der Waals surface area contributed by atoms with Gasteiger partial charge in [-0.3, -0.25) is 14.4 Å². The lowest BCUT2D eigenvalue weighted by Gasteiger charge is -2.32. The van der Waals surface area contributed by atoms with Gasteiger partial charge in [-0.1, -0.05) is 59.5 Å². The molecule has 0 saturated heterocycles. The van der Waals surface area contributed by atoms with E-state index in [9.17, 15) is 22.8 Å². The topological polar surface area (TPSA) is 104 Å². The van der Waals surface area contributed by atoms with Crippen LogP contribution in [0.15, 0.2) is 57.9 Å². The average molecular weight is 562 g/mol. The lowest BCUT2D eigenvalue weighted by atomic mass is 9.95. The number of nitrogens with zero attached hydrogens (tertiary/aromatic N) is 2. The van der Waals surface area contributed by atoms with Crippen molar-refractivity contribution in [2.45, 2.75) is 62.6 Å². The Hall–Kier alpha value is -2.72. The maximum atomic E-state index is 13.5. The molecule has 1 N–H and O–H groups in total. The standard InChI is InChI=1S/C25H28BrN3O5S/c1-17(24(31)27-20-10-3-2-4-11-20)28(15-18-8-7-9-19(26)14-18)23(30)16-29-25(32)21-12-5-6-13-22(21)35(29,33)34/h5-9,12-14,17,20H,2-4,10-11,15-16H2,1H3,(H,27,31)/t17-/m0/s1. The average Bonchev–Trinajstić information content (AvgIpc) is 3.03. The summed E-state index contributed by atoms with van der Waals surface area (Å²) in [5.74, 6) is -1.66. The zero-order valence-electron chi connectivity index (χ0n) is 19.4. The summed E-state index contributed by atoms with van der Waals surface area (Å²) >= 11 is 3.42. The van der Waals surface area contributed by atoms with Gasteiger partial charge in [-0.15, -0.1) is 0 Å². The van der Waals surface area contributed by atoms with Crippen LogP contribution in [0, 0.1) is 0 Å². The highest BCUT2D eigenvalue weighted by atomic mass is 79.9. The number of amides is 3. The smallest absolute Gasteiger partial charge is 0.269 e. The van der Waals surface area contributed by atoms with Gasteiger partial charge in [0.15, 0.2) is 0 Å². The molecule has 1 atom stereocenters. The maximum Gasteiger partial charge on any atom is 0.269 e. The largest absolute Gasteiger partial charge is 0.352 e. The van der Waals surface area contributed by atoms with Crippen LogP contribution < -0.4 is 5.32 Å². The monoisotopic (exact) mass is 561 g/mol. The number of halogens is 1. The first-order valence-electron chi connectivity index (χ1n) is 11.7. The fourth-order valence-corrected chi connectivity index (χ4v) is 6.55. The molecular formula is C25H28BrN3O5S. The summed E-state index contributed by atoms with van der Waals surface area (Å²) in [5.41, 5.74) is 0.811. The van der Waals surface area contributed by atoms with E-state index in [1.807, 2.05) is 24.3 Å². The van der Waals surface area contributed by atoms with Gasteiger partial charge in [-0.25, -0.2) is 12.7 Å². The predicted octanol–water partition coefficient (Wildman–Crippen LogP) is 3.46. The highest BCUT2D eigenvalue weighted by Crippen LogP contribution is 2.30. The second-order valence-electron chi connectivity index (χ2n) is 8.98. The number of rotatable bonds is 7. The molecule has 10 heteroatoms. The van der Waals surface area contributed by atoms with Crippen LogP contribution in [0.25, 0.3) is 0 Å². The molecule has 3 amide bonds. The van der Waals surface area contributed by atoms with Crippen LogP contribution in [0.3, 0.4) is 0 Å². The Labute approximate surface area is 213 Å². The van der Waals surface area contributed by atoms with Crippen molar-refractivity contribution < 1.29 is 22.8 Å². The van der Waals surface area contributed by atoms with Gasteiger partial charge in [0.1, 0.15) is 17.5 Å². The summed E-state index contributed by atoms with van der Waals surface area (Å²) in [6, 6.07) is 12.4. The third kappa shape index (κ3) is 5.43. The van der Waals surface area contributed by atoms with Crippen LogP contribution in [0.4, 0.5) is 0 Å². The minimum atomic E-state index is -4.14. The number of fused-ring (bicyclic) bond motifs is 1. The van der Waals surface area contributed by atoms with Gasteiger partial charge in [0.2, 0.25) is 11.8 Å². The summed E-state index contributed by atoms with van der Waals surface area (Å²) < 4.78 is 27.4. The molecule has 1 saturated carbocycles. The summed E-state index contributed by atoms with van der Waals surface area (Å²) in [7, 11) is -4.14. The first-order chi connectivity index (χ1) is 16.7. The fraction of sp³-hybridized carbons (Fsp3) is 0.400. The molecular weight excluding hydrogens is 534 g/mol. The van der Waals surface area contributed by atoms with Crippen molar-refractivity contribution in [1.82, 2.24) is 14.5 Å². The molecule has 0 radical (unpaired) electrons. The van der Waals surface area contributed by atoms with Gasteiger partial charge in [0, 0.05) is 17.1 Å². The molecule has 2 aromatic carbocycles. The molecule has 0 spiro atoms. The van der Waals surface area contributed by atoms with Crippen LogP contribution in [-0.2, 0) is 26.2 Å². The third-order valence-corrected chi connectivity index (χ3v) is 8.83. The van der Waals surface area contributed by atoms with Crippen molar-refractivity contribution in [3.8, 4) is 0 Å². The van der Waals surface area contributed by atoms with Crippen molar-refractivity contribution in [3.63, 3.8) is 0 Å². The normalized spacial score (nSPS) is 18.1. The highest BCUT2D eigenvalue weighted by Gasteiger charge is 2.43. The maximum absolute atomic E-state index is 13.5. The SMILES string of the molecule is C[C@@H](C(=O)NC1CCCCC1)N(Cc1cccc(Br)c1)C(=O)CN1C(=O)c2ccccc2S1(=O)=O. The summed E-state index contributed by atoms with van der Waals surface area (Å²) in [5, 5.41) is 3.04. The van der Waals surface area contributed by atoms with Crippen LogP contribution >= 0.6 is 15.9 Å². The second kappa shape index (κ2) is 10.5. The molecule has 186 valence electrons. The second-order valence-corrected chi connectivity index (χ2v) is 11.7. The van der Waals surface area contributed by atoms with Crippen molar-refractivity contribution in [1.29, 1.82) is 0 Å². The minimum absolute atomic E-state index is 0.0435. The van der Waals surface area contributed by atoms with E-state index in [-0.39, 0.29) is 29.0 Å². The lowest BCUT2D eigenvalue weighted by molar-refractivity contribution is -0.140. The summed E-state index contributed by atoms with van der Waals surface area (Å²) in [4.78, 5) is 40.7. The number of carbonyl (C=O) groups excluding carboxylic acids is 3. The Morgan fingerprint density at radius 3 is 2.51 bits per heavy atom. The van der Waals surface area contributed by atoms with Gasteiger partial charge in [0.25, 0.3) is 15.9 Å². The fourth-order valence-electron chi connectivity index (χ4n) is 4.58. The molecule has 1 aliphatic heterocycles. The van der Waals surface area contributed by atoms with E-state index < -0.39 is 34.4 Å². The number of hydrogen-bond donors (Lipinski definition) is 1. The molecule has 2 aromatic rings. The number of hydrogen-bond acceptors (Lipinski definition) is 5. The number of carbonyl (C=O) groups is 3. The van der Waals surface area contributed by atoms with Gasteiger partial charge in [-0.05, 0) is 49.6 Å². The van der Waals surface area contributed by atoms with E-state index in [0.717, 1.165) is 42.1 Å². The van der Waals surface area contributed by atoms with Crippen molar-refractivity contribution in [3.05, 3.63) is 64.1 Å². The summed E-state index contributed by atoms with van der Waals surface area (Å²) in [6.45, 7) is 1.04. The molecule has 0 bridgehead atoms. The first kappa shape index (κ1) is 25.4. The zero-order valence-corrected chi connectivity index (χ0v) is 21.8. The number of sulfonamides is 1. The van der Waals surface area contributed by atoms with E-state index in [4.69, 9.17) is 0 Å². The summed E-state index contributed by atoms with van der Waals surface area (Å²) in [6.07, 6.45) is 5.05. The predicted molar refractivity (Wildman–Crippen MR) is 134 cm³/mol. The Kier molecular flexibility index (Phi) is 7.61. The molecule has 1 aliphatic carbocycles. The molecule has 0 aromatic heterocycles. The van der Waals surface area contributed by atoms with Gasteiger partial charge in [-0.2, -0.15) is 0 Å². The molecule has 0 unspecified atom stereocenters.